The number of hydrogen-bond donors (Lipinski definition) is 0. The van der Waals surface area contributed by atoms with Gasteiger partial charge >= 0.3 is 0 Å². The Balaban J connectivity index is 2.23. The Labute approximate surface area is 146 Å². The van der Waals surface area contributed by atoms with Gasteiger partial charge in [0.1, 0.15) is 0 Å². The largest absolute Gasteiger partial charge is 0.0622 e. The van der Waals surface area contributed by atoms with E-state index in [1.165, 1.54) is 32.7 Å². The number of rotatable bonds is 1. The van der Waals surface area contributed by atoms with Gasteiger partial charge in [0, 0.05) is 8.95 Å². The van der Waals surface area contributed by atoms with Crippen molar-refractivity contribution in [1.29, 1.82) is 0 Å². The summed E-state index contributed by atoms with van der Waals surface area (Å²) in [5.74, 6) is 0. The fraction of sp³-hybridized carbons (Fsp3) is 0. The second kappa shape index (κ2) is 5.53. The van der Waals surface area contributed by atoms with Crippen molar-refractivity contribution in [2.45, 2.75) is 0 Å². The zero-order chi connectivity index (χ0) is 15.1. The lowest BCUT2D eigenvalue weighted by Gasteiger charge is -2.13. The molecule has 0 amide bonds. The first kappa shape index (κ1) is 14.0. The van der Waals surface area contributed by atoms with Gasteiger partial charge in [-0.15, -0.1) is 0 Å². The molecule has 4 aromatic rings. The van der Waals surface area contributed by atoms with Crippen LogP contribution in [0.4, 0.5) is 0 Å². The molecule has 2 heteroatoms. The molecule has 0 aromatic heterocycles. The maximum atomic E-state index is 3.61. The van der Waals surface area contributed by atoms with Crippen molar-refractivity contribution in [2.24, 2.45) is 0 Å². The summed E-state index contributed by atoms with van der Waals surface area (Å²) < 4.78 is 2.21. The standard InChI is InChI=1S/C20H12Br2/c21-16-8-9-18-15(11-16)10-14-6-7-17(22)12-19(14)20(18)13-4-2-1-3-5-13/h1-12H. The highest BCUT2D eigenvalue weighted by Gasteiger charge is 2.10. The monoisotopic (exact) mass is 410 g/mol. The Morgan fingerprint density at radius 1 is 0.545 bits per heavy atom. The summed E-state index contributed by atoms with van der Waals surface area (Å²) in [4.78, 5) is 0. The molecule has 0 aliphatic rings. The highest BCUT2D eigenvalue weighted by Crippen LogP contribution is 2.38. The van der Waals surface area contributed by atoms with Crippen molar-refractivity contribution in [3.05, 3.63) is 81.7 Å². The fourth-order valence-electron chi connectivity index (χ4n) is 2.98. The smallest absolute Gasteiger partial charge is 0.0181 e. The summed E-state index contributed by atoms with van der Waals surface area (Å²) in [7, 11) is 0. The third-order valence-corrected chi connectivity index (χ3v) is 4.93. The number of halogens is 2. The molecule has 22 heavy (non-hydrogen) atoms. The Morgan fingerprint density at radius 2 is 1.27 bits per heavy atom. The average Bonchev–Trinajstić information content (AvgIpc) is 2.53. The van der Waals surface area contributed by atoms with E-state index in [2.05, 4.69) is 105 Å². The normalized spacial score (nSPS) is 11.2. The molecule has 0 saturated carbocycles. The molecule has 0 heterocycles. The second-order valence-corrected chi connectivity index (χ2v) is 7.18. The van der Waals surface area contributed by atoms with E-state index in [-0.39, 0.29) is 0 Å². The van der Waals surface area contributed by atoms with Gasteiger partial charge in [0.15, 0.2) is 0 Å². The Hall–Kier alpha value is -1.64. The first-order valence-electron chi connectivity index (χ1n) is 7.09. The average molecular weight is 412 g/mol. The van der Waals surface area contributed by atoms with Crippen LogP contribution in [0.1, 0.15) is 0 Å². The maximum Gasteiger partial charge on any atom is 0.0181 e. The molecule has 106 valence electrons. The fourth-order valence-corrected chi connectivity index (χ4v) is 3.72. The van der Waals surface area contributed by atoms with E-state index in [0.29, 0.717) is 0 Å². The van der Waals surface area contributed by atoms with E-state index in [1.54, 1.807) is 0 Å². The summed E-state index contributed by atoms with van der Waals surface area (Å²) in [6.45, 7) is 0. The van der Waals surface area contributed by atoms with Gasteiger partial charge in [-0.05, 0) is 63.0 Å². The number of benzene rings is 4. The molecular formula is C20H12Br2. The van der Waals surface area contributed by atoms with Crippen molar-refractivity contribution in [1.82, 2.24) is 0 Å². The summed E-state index contributed by atoms with van der Waals surface area (Å²) in [5, 5.41) is 5.06. The lowest BCUT2D eigenvalue weighted by atomic mass is 9.92. The van der Waals surface area contributed by atoms with Crippen molar-refractivity contribution >= 4 is 53.4 Å². The minimum absolute atomic E-state index is 1.11. The molecular weight excluding hydrogens is 400 g/mol. The van der Waals surface area contributed by atoms with Gasteiger partial charge in [-0.25, -0.2) is 0 Å². The van der Waals surface area contributed by atoms with Gasteiger partial charge in [-0.3, -0.25) is 0 Å². The molecule has 0 atom stereocenters. The molecule has 4 aromatic carbocycles. The topological polar surface area (TPSA) is 0 Å². The van der Waals surface area contributed by atoms with E-state index in [4.69, 9.17) is 0 Å². The van der Waals surface area contributed by atoms with Crippen molar-refractivity contribution < 1.29 is 0 Å². The second-order valence-electron chi connectivity index (χ2n) is 5.35. The summed E-state index contributed by atoms with van der Waals surface area (Å²) in [6, 6.07) is 25.8. The first-order valence-corrected chi connectivity index (χ1v) is 8.68. The summed E-state index contributed by atoms with van der Waals surface area (Å²) >= 11 is 7.19. The zero-order valence-electron chi connectivity index (χ0n) is 11.7. The molecule has 0 radical (unpaired) electrons. The Bertz CT molecular complexity index is 989. The van der Waals surface area contributed by atoms with E-state index in [9.17, 15) is 0 Å². The lowest BCUT2D eigenvalue weighted by Crippen LogP contribution is -1.86. The third-order valence-electron chi connectivity index (χ3n) is 3.94. The van der Waals surface area contributed by atoms with E-state index >= 15 is 0 Å². The quantitative estimate of drug-likeness (QED) is 0.291. The molecule has 0 bridgehead atoms. The van der Waals surface area contributed by atoms with Crippen LogP contribution in [-0.4, -0.2) is 0 Å². The molecule has 0 N–H and O–H groups in total. The highest BCUT2D eigenvalue weighted by atomic mass is 79.9. The molecule has 0 aliphatic carbocycles. The number of fused-ring (bicyclic) bond motifs is 2. The first-order chi connectivity index (χ1) is 10.7. The van der Waals surface area contributed by atoms with E-state index in [0.717, 1.165) is 8.95 Å². The molecule has 0 nitrogen and oxygen atoms in total. The van der Waals surface area contributed by atoms with Crippen molar-refractivity contribution in [2.75, 3.05) is 0 Å². The predicted octanol–water partition coefficient (Wildman–Crippen LogP) is 7.19. The van der Waals surface area contributed by atoms with Crippen molar-refractivity contribution in [3.63, 3.8) is 0 Å². The predicted molar refractivity (Wildman–Crippen MR) is 102 cm³/mol. The molecule has 0 aliphatic heterocycles. The van der Waals surface area contributed by atoms with Crippen LogP contribution < -0.4 is 0 Å². The zero-order valence-corrected chi connectivity index (χ0v) is 14.9. The molecule has 4 rings (SSSR count). The molecule has 0 saturated heterocycles. The molecule has 0 spiro atoms. The lowest BCUT2D eigenvalue weighted by molar-refractivity contribution is 1.65. The molecule has 0 unspecified atom stereocenters. The van der Waals surface area contributed by atoms with Crippen LogP contribution in [0.5, 0.6) is 0 Å². The summed E-state index contributed by atoms with van der Waals surface area (Å²) in [6.07, 6.45) is 0. The SMILES string of the molecule is Brc1ccc2c(-c3ccccc3)c3cc(Br)ccc3cc2c1. The van der Waals surface area contributed by atoms with Gasteiger partial charge in [-0.1, -0.05) is 74.3 Å². The molecule has 0 fully saturated rings. The minimum atomic E-state index is 1.11. The van der Waals surface area contributed by atoms with Gasteiger partial charge in [0.2, 0.25) is 0 Å². The number of hydrogen-bond acceptors (Lipinski definition) is 0. The van der Waals surface area contributed by atoms with Crippen LogP contribution in [0.2, 0.25) is 0 Å². The van der Waals surface area contributed by atoms with Crippen LogP contribution >= 0.6 is 31.9 Å². The van der Waals surface area contributed by atoms with Gasteiger partial charge in [0.05, 0.1) is 0 Å². The van der Waals surface area contributed by atoms with Crippen LogP contribution in [-0.2, 0) is 0 Å². The van der Waals surface area contributed by atoms with Crippen LogP contribution in [0, 0.1) is 0 Å². The van der Waals surface area contributed by atoms with Gasteiger partial charge < -0.3 is 0 Å². The van der Waals surface area contributed by atoms with Crippen LogP contribution in [0.3, 0.4) is 0 Å². The van der Waals surface area contributed by atoms with Gasteiger partial charge in [0.25, 0.3) is 0 Å². The van der Waals surface area contributed by atoms with Gasteiger partial charge in [-0.2, -0.15) is 0 Å². The van der Waals surface area contributed by atoms with Crippen LogP contribution in [0.25, 0.3) is 32.7 Å². The summed E-state index contributed by atoms with van der Waals surface area (Å²) in [5.41, 5.74) is 2.54. The van der Waals surface area contributed by atoms with Crippen LogP contribution in [0.15, 0.2) is 81.7 Å². The van der Waals surface area contributed by atoms with E-state index in [1.807, 2.05) is 0 Å². The highest BCUT2D eigenvalue weighted by molar-refractivity contribution is 9.10. The van der Waals surface area contributed by atoms with E-state index < -0.39 is 0 Å². The minimum Gasteiger partial charge on any atom is -0.0622 e. The third kappa shape index (κ3) is 2.37. The Morgan fingerprint density at radius 3 is 2.09 bits per heavy atom. The Kier molecular flexibility index (Phi) is 3.51. The maximum absolute atomic E-state index is 3.61. The van der Waals surface area contributed by atoms with Crippen molar-refractivity contribution in [3.8, 4) is 11.1 Å².